The van der Waals surface area contributed by atoms with Crippen molar-refractivity contribution < 1.29 is 0 Å². The van der Waals surface area contributed by atoms with Gasteiger partial charge in [0.2, 0.25) is 0 Å². The Morgan fingerprint density at radius 3 is 1.40 bits per heavy atom. The van der Waals surface area contributed by atoms with Crippen LogP contribution in [0.3, 0.4) is 0 Å². The van der Waals surface area contributed by atoms with Crippen LogP contribution in [0, 0.1) is 0 Å². The molecule has 1 aliphatic heterocycles. The van der Waals surface area contributed by atoms with Crippen LogP contribution < -0.4 is 4.90 Å². The fraction of sp³-hybridized carbons (Fsp3) is 0.0294. The van der Waals surface area contributed by atoms with E-state index in [0.29, 0.717) is 0 Å². The molecular weight excluding hydrogens is 845 g/mol. The average molecular weight is 887 g/mol. The predicted molar refractivity (Wildman–Crippen MR) is 288 cm³/mol. The molecule has 4 aliphatic rings. The molecule has 70 heavy (non-hydrogen) atoms. The number of aromatic nitrogens is 1. The van der Waals surface area contributed by atoms with Gasteiger partial charge in [-0.2, -0.15) is 0 Å². The van der Waals surface area contributed by atoms with Crippen LogP contribution in [0.1, 0.15) is 44.5 Å². The maximum Gasteiger partial charge on any atom is 0.0754 e. The number of nitrogens with zero attached hydrogens (tertiary/aromatic N) is 2. The molecule has 12 aromatic rings. The molecule has 0 fully saturated rings. The van der Waals surface area contributed by atoms with E-state index in [1.807, 2.05) is 0 Å². The van der Waals surface area contributed by atoms with Gasteiger partial charge in [0.1, 0.15) is 0 Å². The Kier molecular flexibility index (Phi) is 7.51. The molecule has 3 aliphatic carbocycles. The van der Waals surface area contributed by atoms with E-state index in [1.54, 1.807) is 0 Å². The minimum Gasteiger partial charge on any atom is -0.310 e. The van der Waals surface area contributed by atoms with Crippen molar-refractivity contribution in [2.24, 2.45) is 0 Å². The van der Waals surface area contributed by atoms with Crippen LogP contribution in [0.5, 0.6) is 0 Å². The summed E-state index contributed by atoms with van der Waals surface area (Å²) < 4.78 is 2.58. The lowest BCUT2D eigenvalue weighted by Gasteiger charge is -2.40. The van der Waals surface area contributed by atoms with Crippen LogP contribution in [0.25, 0.3) is 72.0 Å². The molecule has 2 heterocycles. The summed E-state index contributed by atoms with van der Waals surface area (Å²) in [6.07, 6.45) is 0. The maximum atomic E-state index is 2.58. The second kappa shape index (κ2) is 13.8. The van der Waals surface area contributed by atoms with E-state index in [9.17, 15) is 0 Å². The molecule has 2 heteroatoms. The molecule has 2 nitrogen and oxygen atoms in total. The number of hydrogen-bond donors (Lipinski definition) is 0. The van der Waals surface area contributed by atoms with Crippen molar-refractivity contribution in [3.63, 3.8) is 0 Å². The molecule has 0 amide bonds. The zero-order valence-corrected chi connectivity index (χ0v) is 38.1. The fourth-order valence-electron chi connectivity index (χ4n) is 13.9. The minimum atomic E-state index is -0.532. The Labute approximate surface area is 406 Å². The highest BCUT2D eigenvalue weighted by Gasteiger charge is 2.53. The summed E-state index contributed by atoms with van der Waals surface area (Å²) in [5.74, 6) is 0. The third-order valence-corrected chi connectivity index (χ3v) is 16.4. The van der Waals surface area contributed by atoms with Crippen LogP contribution in [0.4, 0.5) is 17.1 Å². The van der Waals surface area contributed by atoms with E-state index in [2.05, 4.69) is 264 Å². The van der Waals surface area contributed by atoms with E-state index >= 15 is 0 Å². The maximum absolute atomic E-state index is 2.58. The molecule has 0 radical (unpaired) electrons. The number of benzene rings is 11. The molecule has 16 rings (SSSR count). The molecule has 0 unspecified atom stereocenters. The molecule has 0 N–H and O–H groups in total. The predicted octanol–water partition coefficient (Wildman–Crippen LogP) is 16.9. The lowest BCUT2D eigenvalue weighted by atomic mass is 9.65. The summed E-state index contributed by atoms with van der Waals surface area (Å²) in [6, 6.07) is 96.0. The van der Waals surface area contributed by atoms with Crippen LogP contribution in [0.15, 0.2) is 255 Å². The molecule has 0 bridgehead atoms. The van der Waals surface area contributed by atoms with Gasteiger partial charge in [-0.05, 0) is 120 Å². The number of rotatable bonds is 4. The van der Waals surface area contributed by atoms with Crippen molar-refractivity contribution >= 4 is 38.9 Å². The molecule has 2 spiro atoms. The second-order valence-electron chi connectivity index (χ2n) is 19.4. The first-order chi connectivity index (χ1) is 34.8. The monoisotopic (exact) mass is 886 g/mol. The number of para-hydroxylation sites is 2. The summed E-state index contributed by atoms with van der Waals surface area (Å²) >= 11 is 0. The third-order valence-electron chi connectivity index (χ3n) is 16.4. The summed E-state index contributed by atoms with van der Waals surface area (Å²) in [5.41, 5.74) is 26.8. The van der Waals surface area contributed by atoms with Crippen molar-refractivity contribution in [3.05, 3.63) is 299 Å². The van der Waals surface area contributed by atoms with Gasteiger partial charge in [-0.25, -0.2) is 0 Å². The van der Waals surface area contributed by atoms with Gasteiger partial charge in [0.15, 0.2) is 0 Å². The summed E-state index contributed by atoms with van der Waals surface area (Å²) in [5, 5.41) is 2.54. The number of fused-ring (bicyclic) bond motifs is 22. The smallest absolute Gasteiger partial charge is 0.0754 e. The van der Waals surface area contributed by atoms with Gasteiger partial charge in [-0.3, -0.25) is 0 Å². The Morgan fingerprint density at radius 2 is 0.757 bits per heavy atom. The Bertz CT molecular complexity index is 4100. The second-order valence-corrected chi connectivity index (χ2v) is 19.4. The first-order valence-electron chi connectivity index (χ1n) is 24.5. The SMILES string of the molecule is c1ccc(-c2ccc(N(c3ccc4c(c3)-n3c5ccccc5c5cccc(c53)C43c4ccccc4-c4ccccc43)c3cccc4c3-c3ccccc3C43c4ccccc4-c4ccccc43)cc2)cc1. The zero-order valence-electron chi connectivity index (χ0n) is 38.1. The van der Waals surface area contributed by atoms with Crippen molar-refractivity contribution in [2.45, 2.75) is 10.8 Å². The van der Waals surface area contributed by atoms with E-state index < -0.39 is 10.8 Å². The standard InChI is InChI=1S/C68H42N2/c1-2-18-43(19-3-1)44-36-38-45(39-37-44)69(63-35-17-32-60-65(63)53-25-8-14-31-58(53)67(60)54-27-10-4-20-47(54)48-21-5-11-28-55(48)67)46-40-41-59-64(42-46)70-62-34-15-9-24-51(62)52-26-16-33-61(66(52)70)68(59)56-29-12-6-22-49(56)50-23-7-13-30-57(50)68/h1-42H. The lowest BCUT2D eigenvalue weighted by Crippen LogP contribution is -2.33. The first-order valence-corrected chi connectivity index (χ1v) is 24.5. The van der Waals surface area contributed by atoms with Gasteiger partial charge in [-0.1, -0.05) is 218 Å². The third kappa shape index (κ3) is 4.59. The van der Waals surface area contributed by atoms with Crippen LogP contribution in [-0.2, 0) is 10.8 Å². The van der Waals surface area contributed by atoms with E-state index in [1.165, 1.54) is 117 Å². The van der Waals surface area contributed by atoms with Crippen molar-refractivity contribution in [3.8, 4) is 50.2 Å². The van der Waals surface area contributed by atoms with E-state index in [4.69, 9.17) is 0 Å². The Morgan fingerprint density at radius 1 is 0.300 bits per heavy atom. The summed E-state index contributed by atoms with van der Waals surface area (Å²) in [7, 11) is 0. The number of anilines is 3. The molecule has 1 aromatic heterocycles. The molecule has 324 valence electrons. The quantitative estimate of drug-likeness (QED) is 0.171. The van der Waals surface area contributed by atoms with Gasteiger partial charge in [-0.15, -0.1) is 0 Å². The molecular formula is C68H42N2. The number of hydrogen-bond acceptors (Lipinski definition) is 1. The van der Waals surface area contributed by atoms with Gasteiger partial charge in [0, 0.05) is 27.7 Å². The molecule has 0 atom stereocenters. The van der Waals surface area contributed by atoms with E-state index in [0.717, 1.165) is 17.1 Å². The molecule has 0 saturated heterocycles. The van der Waals surface area contributed by atoms with Crippen molar-refractivity contribution in [2.75, 3.05) is 4.90 Å². The van der Waals surface area contributed by atoms with Crippen LogP contribution in [-0.4, -0.2) is 4.57 Å². The Balaban J connectivity index is 1.01. The largest absolute Gasteiger partial charge is 0.310 e. The highest BCUT2D eigenvalue weighted by molar-refractivity contribution is 6.13. The van der Waals surface area contributed by atoms with E-state index in [-0.39, 0.29) is 0 Å². The van der Waals surface area contributed by atoms with Gasteiger partial charge in [0.05, 0.1) is 33.2 Å². The van der Waals surface area contributed by atoms with Gasteiger partial charge < -0.3 is 9.47 Å². The van der Waals surface area contributed by atoms with Crippen LogP contribution >= 0.6 is 0 Å². The first kappa shape index (κ1) is 38.0. The Hall–Kier alpha value is -8.98. The highest BCUT2D eigenvalue weighted by Crippen LogP contribution is 2.66. The molecule has 11 aromatic carbocycles. The fourth-order valence-corrected chi connectivity index (χ4v) is 13.9. The van der Waals surface area contributed by atoms with Crippen LogP contribution in [0.2, 0.25) is 0 Å². The molecule has 0 saturated carbocycles. The minimum absolute atomic E-state index is 0.469. The lowest BCUT2D eigenvalue weighted by molar-refractivity contribution is 0.748. The normalized spacial score (nSPS) is 14.2. The van der Waals surface area contributed by atoms with Gasteiger partial charge in [0.25, 0.3) is 0 Å². The highest BCUT2D eigenvalue weighted by atomic mass is 15.2. The average Bonchev–Trinajstić information content (AvgIpc) is 4.13. The van der Waals surface area contributed by atoms with Crippen molar-refractivity contribution in [1.29, 1.82) is 0 Å². The van der Waals surface area contributed by atoms with Crippen molar-refractivity contribution in [1.82, 2.24) is 4.57 Å². The topological polar surface area (TPSA) is 8.17 Å². The summed E-state index contributed by atoms with van der Waals surface area (Å²) in [6.45, 7) is 0. The zero-order chi connectivity index (χ0) is 45.7. The summed E-state index contributed by atoms with van der Waals surface area (Å²) in [4.78, 5) is 2.54. The van der Waals surface area contributed by atoms with Gasteiger partial charge >= 0.3 is 0 Å².